The van der Waals surface area contributed by atoms with Gasteiger partial charge in [0, 0.05) is 50.7 Å². The van der Waals surface area contributed by atoms with Gasteiger partial charge in [-0.1, -0.05) is 0 Å². The van der Waals surface area contributed by atoms with Gasteiger partial charge in [-0.2, -0.15) is 17.0 Å². The maximum atomic E-state index is 13.0. The van der Waals surface area contributed by atoms with Crippen molar-refractivity contribution in [3.63, 3.8) is 0 Å². The van der Waals surface area contributed by atoms with Crippen LogP contribution >= 0.6 is 0 Å². The Labute approximate surface area is 137 Å². The molecule has 8 heteroatoms. The molecule has 1 saturated carbocycles. The Morgan fingerprint density at radius 2 is 2.04 bits per heavy atom. The van der Waals surface area contributed by atoms with Crippen LogP contribution in [0.1, 0.15) is 26.2 Å². The smallest absolute Gasteiger partial charge is 0.282 e. The summed E-state index contributed by atoms with van der Waals surface area (Å²) in [6.07, 6.45) is 8.32. The van der Waals surface area contributed by atoms with Crippen LogP contribution in [-0.4, -0.2) is 65.3 Å². The molecule has 3 heterocycles. The first-order valence-corrected chi connectivity index (χ1v) is 9.75. The molecule has 0 radical (unpaired) electrons. The van der Waals surface area contributed by atoms with E-state index in [1.807, 2.05) is 6.92 Å². The Bertz CT molecular complexity index is 668. The van der Waals surface area contributed by atoms with E-state index in [-0.39, 0.29) is 12.1 Å². The van der Waals surface area contributed by atoms with Gasteiger partial charge >= 0.3 is 0 Å². The fourth-order valence-electron chi connectivity index (χ4n) is 4.22. The molecule has 7 nitrogen and oxygen atoms in total. The van der Waals surface area contributed by atoms with Crippen molar-refractivity contribution in [2.24, 2.45) is 5.92 Å². The SMILES string of the molecule is CC1CN(S(=O)(=O)N2CC3CCC2C3)CCN1c1cnccn1. The van der Waals surface area contributed by atoms with E-state index in [0.29, 0.717) is 32.1 Å². The summed E-state index contributed by atoms with van der Waals surface area (Å²) in [6, 6.07) is 0.327. The van der Waals surface area contributed by atoms with Crippen LogP contribution in [0.15, 0.2) is 18.6 Å². The second-order valence-electron chi connectivity index (χ2n) is 6.87. The minimum absolute atomic E-state index is 0.0926. The molecular formula is C15H23N5O2S. The van der Waals surface area contributed by atoms with Crippen LogP contribution in [0, 0.1) is 5.92 Å². The highest BCUT2D eigenvalue weighted by atomic mass is 32.2. The van der Waals surface area contributed by atoms with Crippen molar-refractivity contribution in [3.05, 3.63) is 18.6 Å². The van der Waals surface area contributed by atoms with E-state index >= 15 is 0 Å². The molecule has 3 unspecified atom stereocenters. The van der Waals surface area contributed by atoms with Gasteiger partial charge in [0.2, 0.25) is 0 Å². The van der Waals surface area contributed by atoms with E-state index in [4.69, 9.17) is 0 Å². The Morgan fingerprint density at radius 3 is 2.65 bits per heavy atom. The normalized spacial score (nSPS) is 32.6. The van der Waals surface area contributed by atoms with Gasteiger partial charge in [0.25, 0.3) is 10.2 Å². The van der Waals surface area contributed by atoms with Gasteiger partial charge in [-0.05, 0) is 32.1 Å². The molecular weight excluding hydrogens is 314 g/mol. The topological polar surface area (TPSA) is 69.6 Å². The van der Waals surface area contributed by atoms with Crippen molar-refractivity contribution in [2.45, 2.75) is 38.3 Å². The summed E-state index contributed by atoms with van der Waals surface area (Å²) in [4.78, 5) is 10.6. The first-order valence-electron chi connectivity index (χ1n) is 8.35. The minimum Gasteiger partial charge on any atom is -0.350 e. The number of fused-ring (bicyclic) bond motifs is 2. The van der Waals surface area contributed by atoms with Crippen LogP contribution in [0.5, 0.6) is 0 Å². The monoisotopic (exact) mass is 337 g/mol. The Morgan fingerprint density at radius 1 is 1.17 bits per heavy atom. The largest absolute Gasteiger partial charge is 0.350 e. The number of piperidine rings is 1. The molecule has 0 spiro atoms. The summed E-state index contributed by atoms with van der Waals surface area (Å²) in [5.41, 5.74) is 0. The molecule has 0 aromatic carbocycles. The molecule has 23 heavy (non-hydrogen) atoms. The third-order valence-electron chi connectivity index (χ3n) is 5.42. The van der Waals surface area contributed by atoms with E-state index < -0.39 is 10.2 Å². The molecule has 2 saturated heterocycles. The molecule has 4 rings (SSSR count). The van der Waals surface area contributed by atoms with E-state index in [9.17, 15) is 8.42 Å². The number of rotatable bonds is 3. The summed E-state index contributed by atoms with van der Waals surface area (Å²) in [7, 11) is -3.33. The zero-order valence-corrected chi connectivity index (χ0v) is 14.2. The van der Waals surface area contributed by atoms with Crippen molar-refractivity contribution in [2.75, 3.05) is 31.1 Å². The average Bonchev–Trinajstić information content (AvgIpc) is 3.19. The molecule has 126 valence electrons. The highest BCUT2D eigenvalue weighted by molar-refractivity contribution is 7.86. The van der Waals surface area contributed by atoms with Crippen LogP contribution in [0.3, 0.4) is 0 Å². The van der Waals surface area contributed by atoms with Crippen molar-refractivity contribution in [3.8, 4) is 0 Å². The molecule has 1 aromatic heterocycles. The van der Waals surface area contributed by atoms with Gasteiger partial charge in [-0.25, -0.2) is 4.98 Å². The predicted molar refractivity (Wildman–Crippen MR) is 87.2 cm³/mol. The van der Waals surface area contributed by atoms with E-state index in [2.05, 4.69) is 14.9 Å². The average molecular weight is 337 g/mol. The molecule has 1 aliphatic carbocycles. The number of aromatic nitrogens is 2. The van der Waals surface area contributed by atoms with Crippen LogP contribution in [-0.2, 0) is 10.2 Å². The van der Waals surface area contributed by atoms with Gasteiger partial charge in [0.1, 0.15) is 5.82 Å². The molecule has 3 atom stereocenters. The fraction of sp³-hybridized carbons (Fsp3) is 0.733. The number of anilines is 1. The summed E-state index contributed by atoms with van der Waals surface area (Å²) in [5.74, 6) is 1.39. The third-order valence-corrected chi connectivity index (χ3v) is 7.44. The summed E-state index contributed by atoms with van der Waals surface area (Å²) >= 11 is 0. The Kier molecular flexibility index (Phi) is 3.78. The lowest BCUT2D eigenvalue weighted by Crippen LogP contribution is -2.57. The number of hydrogen-bond acceptors (Lipinski definition) is 5. The van der Waals surface area contributed by atoms with Crippen molar-refractivity contribution in [1.82, 2.24) is 18.6 Å². The highest BCUT2D eigenvalue weighted by Crippen LogP contribution is 2.39. The minimum atomic E-state index is -3.33. The van der Waals surface area contributed by atoms with Crippen LogP contribution in [0.2, 0.25) is 0 Å². The maximum absolute atomic E-state index is 13.0. The number of nitrogens with zero attached hydrogens (tertiary/aromatic N) is 5. The molecule has 3 fully saturated rings. The first-order chi connectivity index (χ1) is 11.1. The quantitative estimate of drug-likeness (QED) is 0.813. The molecule has 0 N–H and O–H groups in total. The molecule has 3 aliphatic rings. The summed E-state index contributed by atoms with van der Waals surface area (Å²) in [5, 5.41) is 0. The zero-order valence-electron chi connectivity index (χ0n) is 13.4. The number of hydrogen-bond donors (Lipinski definition) is 0. The second-order valence-corrected chi connectivity index (χ2v) is 8.76. The lowest BCUT2D eigenvalue weighted by molar-refractivity contribution is 0.273. The Balaban J connectivity index is 1.48. The third kappa shape index (κ3) is 2.62. The van der Waals surface area contributed by atoms with Crippen LogP contribution in [0.4, 0.5) is 5.82 Å². The lowest BCUT2D eigenvalue weighted by atomic mass is 10.1. The standard InChI is InChI=1S/C15H23N5O2S/c1-12-10-18(6-7-19(12)15-9-16-4-5-17-15)23(21,22)20-11-13-2-3-14(20)8-13/h4-5,9,12-14H,2-3,6-8,10-11H2,1H3. The van der Waals surface area contributed by atoms with Crippen molar-refractivity contribution >= 4 is 16.0 Å². The van der Waals surface area contributed by atoms with E-state index in [1.165, 1.54) is 6.42 Å². The molecule has 2 aliphatic heterocycles. The van der Waals surface area contributed by atoms with Crippen LogP contribution in [0.25, 0.3) is 0 Å². The molecule has 1 aromatic rings. The molecule has 0 amide bonds. The first kappa shape index (κ1) is 15.3. The predicted octanol–water partition coefficient (Wildman–Crippen LogP) is 0.716. The van der Waals surface area contributed by atoms with Crippen molar-refractivity contribution in [1.29, 1.82) is 0 Å². The van der Waals surface area contributed by atoms with Crippen molar-refractivity contribution < 1.29 is 8.42 Å². The maximum Gasteiger partial charge on any atom is 0.282 e. The van der Waals surface area contributed by atoms with Gasteiger partial charge in [-0.15, -0.1) is 0 Å². The second kappa shape index (κ2) is 5.68. The zero-order chi connectivity index (χ0) is 16.0. The molecule has 2 bridgehead atoms. The van der Waals surface area contributed by atoms with E-state index in [1.54, 1.807) is 27.2 Å². The summed E-state index contributed by atoms with van der Waals surface area (Å²) < 4.78 is 29.4. The number of piperazine rings is 1. The van der Waals surface area contributed by atoms with Gasteiger partial charge < -0.3 is 4.90 Å². The van der Waals surface area contributed by atoms with Gasteiger partial charge in [-0.3, -0.25) is 4.98 Å². The van der Waals surface area contributed by atoms with Crippen LogP contribution < -0.4 is 4.90 Å². The lowest BCUT2D eigenvalue weighted by Gasteiger charge is -2.41. The van der Waals surface area contributed by atoms with Gasteiger partial charge in [0.15, 0.2) is 0 Å². The fourth-order valence-corrected chi connectivity index (χ4v) is 6.20. The summed E-state index contributed by atoms with van der Waals surface area (Å²) in [6.45, 7) is 4.43. The Hall–Kier alpha value is -1.25. The highest BCUT2D eigenvalue weighted by Gasteiger charge is 2.46. The van der Waals surface area contributed by atoms with E-state index in [0.717, 1.165) is 18.7 Å². The van der Waals surface area contributed by atoms with Gasteiger partial charge in [0.05, 0.1) is 6.20 Å².